The predicted molar refractivity (Wildman–Crippen MR) is 64.3 cm³/mol. The molecule has 0 heterocycles. The lowest BCUT2D eigenvalue weighted by atomic mass is 10.1. The molecule has 1 amide bonds. The topological polar surface area (TPSA) is 49.3 Å². The number of halogens is 1. The third kappa shape index (κ3) is 14.3. The van der Waals surface area contributed by atoms with Crippen LogP contribution in [0.15, 0.2) is 0 Å². The van der Waals surface area contributed by atoms with Crippen LogP contribution in [-0.4, -0.2) is 17.7 Å². The smallest absolute Gasteiger partial charge is 0.404 e. The van der Waals surface area contributed by atoms with Crippen LogP contribution in [0.4, 0.5) is 4.79 Å². The molecule has 0 atom stereocenters. The highest BCUT2D eigenvalue weighted by atomic mass is 79.9. The fourth-order valence-corrected chi connectivity index (χ4v) is 1.28. The van der Waals surface area contributed by atoms with E-state index in [0.717, 1.165) is 12.8 Å². The van der Waals surface area contributed by atoms with Crippen LogP contribution >= 0.6 is 17.0 Å². The van der Waals surface area contributed by atoms with Crippen LogP contribution in [0.25, 0.3) is 0 Å². The third-order valence-electron chi connectivity index (χ3n) is 2.06. The Hall–Kier alpha value is -0.250. The lowest BCUT2D eigenvalue weighted by Crippen LogP contribution is -2.21. The summed E-state index contributed by atoms with van der Waals surface area (Å²) in [6.07, 6.45) is 7.66. The highest BCUT2D eigenvalue weighted by Crippen LogP contribution is 2.05. The van der Waals surface area contributed by atoms with Gasteiger partial charge in [0.1, 0.15) is 0 Å². The van der Waals surface area contributed by atoms with Crippen LogP contribution in [0.3, 0.4) is 0 Å². The molecule has 0 aromatic heterocycles. The number of hydrogen-bond acceptors (Lipinski definition) is 1. The van der Waals surface area contributed by atoms with Crippen molar-refractivity contribution in [3.05, 3.63) is 0 Å². The van der Waals surface area contributed by atoms with E-state index in [0.29, 0.717) is 6.54 Å². The van der Waals surface area contributed by atoms with Gasteiger partial charge < -0.3 is 10.4 Å². The normalized spacial score (nSPS) is 9.21. The van der Waals surface area contributed by atoms with Gasteiger partial charge in [0.2, 0.25) is 0 Å². The molecule has 0 rings (SSSR count). The standard InChI is InChI=1S/C10H21NO2.BrH/c1-2-3-4-5-6-7-8-9-11-10(12)13;/h11H,2-9H2,1H3,(H,12,13);1H. The summed E-state index contributed by atoms with van der Waals surface area (Å²) in [7, 11) is 0. The molecule has 0 radical (unpaired) electrons. The van der Waals surface area contributed by atoms with Crippen molar-refractivity contribution >= 4 is 23.1 Å². The van der Waals surface area contributed by atoms with Gasteiger partial charge in [-0.1, -0.05) is 45.4 Å². The van der Waals surface area contributed by atoms with E-state index in [1.807, 2.05) is 0 Å². The van der Waals surface area contributed by atoms with Crippen LogP contribution in [-0.2, 0) is 0 Å². The largest absolute Gasteiger partial charge is 0.465 e. The molecule has 0 bridgehead atoms. The molecule has 0 saturated carbocycles. The van der Waals surface area contributed by atoms with Crippen molar-refractivity contribution in [2.45, 2.75) is 51.9 Å². The molecule has 0 aromatic rings. The SMILES string of the molecule is Br.CCCCCCCCCNC(=O)O. The summed E-state index contributed by atoms with van der Waals surface area (Å²) >= 11 is 0. The van der Waals surface area contributed by atoms with E-state index in [-0.39, 0.29) is 17.0 Å². The van der Waals surface area contributed by atoms with Gasteiger partial charge in [0.25, 0.3) is 0 Å². The van der Waals surface area contributed by atoms with Crippen molar-refractivity contribution in [2.75, 3.05) is 6.54 Å². The van der Waals surface area contributed by atoms with Crippen LogP contribution < -0.4 is 5.32 Å². The molecule has 0 aliphatic rings. The number of hydrogen-bond donors (Lipinski definition) is 2. The van der Waals surface area contributed by atoms with E-state index in [4.69, 9.17) is 5.11 Å². The van der Waals surface area contributed by atoms with Crippen LogP contribution in [0.1, 0.15) is 51.9 Å². The van der Waals surface area contributed by atoms with Crippen molar-refractivity contribution in [3.63, 3.8) is 0 Å². The maximum Gasteiger partial charge on any atom is 0.404 e. The zero-order valence-corrected chi connectivity index (χ0v) is 10.6. The summed E-state index contributed by atoms with van der Waals surface area (Å²) < 4.78 is 0. The zero-order chi connectivity index (χ0) is 9.94. The lowest BCUT2D eigenvalue weighted by molar-refractivity contribution is 0.194. The second-order valence-corrected chi connectivity index (χ2v) is 3.35. The predicted octanol–water partition coefficient (Wildman–Crippen LogP) is 3.58. The quantitative estimate of drug-likeness (QED) is 0.661. The monoisotopic (exact) mass is 267 g/mol. The zero-order valence-electron chi connectivity index (χ0n) is 8.92. The second-order valence-electron chi connectivity index (χ2n) is 3.35. The van der Waals surface area contributed by atoms with E-state index < -0.39 is 6.09 Å². The molecule has 0 aliphatic carbocycles. The molecule has 0 unspecified atom stereocenters. The maximum absolute atomic E-state index is 10.1. The van der Waals surface area contributed by atoms with E-state index >= 15 is 0 Å². The Morgan fingerprint density at radius 2 is 1.57 bits per heavy atom. The van der Waals surface area contributed by atoms with E-state index in [1.54, 1.807) is 0 Å². The first-order valence-corrected chi connectivity index (χ1v) is 5.24. The summed E-state index contributed by atoms with van der Waals surface area (Å²) in [4.78, 5) is 10.1. The molecule has 86 valence electrons. The number of unbranched alkanes of at least 4 members (excludes halogenated alkanes) is 6. The van der Waals surface area contributed by atoms with Crippen LogP contribution in [0.5, 0.6) is 0 Å². The first-order chi connectivity index (χ1) is 6.27. The number of amides is 1. The first kappa shape index (κ1) is 16.2. The Balaban J connectivity index is 0. The van der Waals surface area contributed by atoms with E-state index in [1.165, 1.54) is 32.1 Å². The molecular formula is C10H22BrNO2. The molecular weight excluding hydrogens is 246 g/mol. The molecule has 3 nitrogen and oxygen atoms in total. The number of carboxylic acid groups (broad SMARTS) is 1. The average molecular weight is 268 g/mol. The minimum atomic E-state index is -0.911. The molecule has 14 heavy (non-hydrogen) atoms. The average Bonchev–Trinajstić information content (AvgIpc) is 2.09. The van der Waals surface area contributed by atoms with Gasteiger partial charge in [-0.25, -0.2) is 4.79 Å². The highest BCUT2D eigenvalue weighted by Gasteiger charge is 1.93. The number of carbonyl (C=O) groups is 1. The van der Waals surface area contributed by atoms with Gasteiger partial charge in [0.15, 0.2) is 0 Å². The van der Waals surface area contributed by atoms with E-state index in [2.05, 4.69) is 12.2 Å². The van der Waals surface area contributed by atoms with Crippen molar-refractivity contribution in [1.82, 2.24) is 5.32 Å². The van der Waals surface area contributed by atoms with Gasteiger partial charge >= 0.3 is 6.09 Å². The Morgan fingerprint density at radius 1 is 1.07 bits per heavy atom. The van der Waals surface area contributed by atoms with Gasteiger partial charge in [-0.3, -0.25) is 0 Å². The maximum atomic E-state index is 10.1. The van der Waals surface area contributed by atoms with Gasteiger partial charge in [-0.15, -0.1) is 17.0 Å². The second kappa shape index (κ2) is 12.8. The molecule has 0 saturated heterocycles. The Bertz CT molecular complexity index is 131. The molecule has 0 aliphatic heterocycles. The Morgan fingerprint density at radius 3 is 2.07 bits per heavy atom. The lowest BCUT2D eigenvalue weighted by Gasteiger charge is -2.01. The van der Waals surface area contributed by atoms with Gasteiger partial charge in [-0.05, 0) is 6.42 Å². The van der Waals surface area contributed by atoms with Crippen LogP contribution in [0.2, 0.25) is 0 Å². The van der Waals surface area contributed by atoms with Crippen molar-refractivity contribution in [2.24, 2.45) is 0 Å². The number of nitrogens with one attached hydrogen (secondary N) is 1. The summed E-state index contributed by atoms with van der Waals surface area (Å²) in [5, 5.41) is 10.6. The minimum Gasteiger partial charge on any atom is -0.465 e. The molecule has 0 spiro atoms. The van der Waals surface area contributed by atoms with E-state index in [9.17, 15) is 4.79 Å². The highest BCUT2D eigenvalue weighted by molar-refractivity contribution is 8.93. The fourth-order valence-electron chi connectivity index (χ4n) is 1.28. The fraction of sp³-hybridized carbons (Fsp3) is 0.900. The summed E-state index contributed by atoms with van der Waals surface area (Å²) in [6, 6.07) is 0. The Kier molecular flexibility index (Phi) is 14.7. The van der Waals surface area contributed by atoms with Gasteiger partial charge in [-0.2, -0.15) is 0 Å². The number of rotatable bonds is 8. The molecule has 2 N–H and O–H groups in total. The van der Waals surface area contributed by atoms with Crippen molar-refractivity contribution < 1.29 is 9.90 Å². The Labute approximate surface area is 97.0 Å². The minimum absolute atomic E-state index is 0. The summed E-state index contributed by atoms with van der Waals surface area (Å²) in [6.45, 7) is 2.81. The third-order valence-corrected chi connectivity index (χ3v) is 2.06. The van der Waals surface area contributed by atoms with Gasteiger partial charge in [0.05, 0.1) is 0 Å². The molecule has 0 aromatic carbocycles. The molecule has 0 fully saturated rings. The van der Waals surface area contributed by atoms with Crippen molar-refractivity contribution in [1.29, 1.82) is 0 Å². The van der Waals surface area contributed by atoms with Crippen molar-refractivity contribution in [3.8, 4) is 0 Å². The summed E-state index contributed by atoms with van der Waals surface area (Å²) in [5.74, 6) is 0. The van der Waals surface area contributed by atoms with Gasteiger partial charge in [0, 0.05) is 6.54 Å². The summed E-state index contributed by atoms with van der Waals surface area (Å²) in [5.41, 5.74) is 0. The first-order valence-electron chi connectivity index (χ1n) is 5.24. The van der Waals surface area contributed by atoms with Crippen LogP contribution in [0, 0.1) is 0 Å². The molecule has 4 heteroatoms.